The van der Waals surface area contributed by atoms with E-state index in [1.165, 1.54) is 12.8 Å². The molecule has 4 nitrogen and oxygen atoms in total. The zero-order chi connectivity index (χ0) is 21.4. The molecule has 1 aliphatic heterocycles. The molecule has 1 heterocycles. The van der Waals surface area contributed by atoms with E-state index in [4.69, 9.17) is 25.8 Å². The van der Waals surface area contributed by atoms with Gasteiger partial charge < -0.3 is 19.3 Å². The SMILES string of the molecule is CCCC/C=C/CC1C(C)CC(O)C1/C=C/C1(COc2cccc(Cl)c2)OCCO1. The summed E-state index contributed by atoms with van der Waals surface area (Å²) in [7, 11) is 0. The lowest BCUT2D eigenvalue weighted by Gasteiger charge is -2.26. The van der Waals surface area contributed by atoms with Gasteiger partial charge in [0, 0.05) is 10.9 Å². The number of ether oxygens (including phenoxy) is 3. The number of unbranched alkanes of at least 4 members (excludes halogenated alkanes) is 2. The molecule has 0 amide bonds. The molecule has 0 aromatic heterocycles. The molecule has 0 bridgehead atoms. The Kier molecular flexibility index (Phi) is 8.82. The number of aliphatic hydroxyl groups is 1. The van der Waals surface area contributed by atoms with Crippen molar-refractivity contribution in [3.8, 4) is 5.75 Å². The Balaban J connectivity index is 1.65. The van der Waals surface area contributed by atoms with Crippen LogP contribution >= 0.6 is 11.6 Å². The van der Waals surface area contributed by atoms with Crippen molar-refractivity contribution in [3.05, 3.63) is 53.6 Å². The van der Waals surface area contributed by atoms with Crippen LogP contribution < -0.4 is 4.74 Å². The summed E-state index contributed by atoms with van der Waals surface area (Å²) in [4.78, 5) is 0. The monoisotopic (exact) mass is 434 g/mol. The Morgan fingerprint density at radius 3 is 2.80 bits per heavy atom. The largest absolute Gasteiger partial charge is 0.488 e. The number of hydrogen-bond donors (Lipinski definition) is 1. The minimum Gasteiger partial charge on any atom is -0.488 e. The van der Waals surface area contributed by atoms with Gasteiger partial charge >= 0.3 is 0 Å². The summed E-state index contributed by atoms with van der Waals surface area (Å²) in [6, 6.07) is 7.30. The standard InChI is InChI=1S/C25H35ClO4/c1-3-4-5-6-7-11-22-19(2)16-24(27)23(22)12-13-25(29-14-15-30-25)18-28-21-10-8-9-20(26)17-21/h6-10,12-13,17,19,22-24,27H,3-5,11,14-16,18H2,1-2H3/b7-6+,13-12+. The van der Waals surface area contributed by atoms with Crippen LogP contribution in [0.25, 0.3) is 0 Å². The Hall–Kier alpha value is -1.33. The van der Waals surface area contributed by atoms with Crippen molar-refractivity contribution in [3.63, 3.8) is 0 Å². The van der Waals surface area contributed by atoms with Gasteiger partial charge in [-0.1, -0.05) is 62.6 Å². The van der Waals surface area contributed by atoms with E-state index < -0.39 is 5.79 Å². The first-order valence-corrected chi connectivity index (χ1v) is 11.6. The second-order valence-corrected chi connectivity index (χ2v) is 8.92. The van der Waals surface area contributed by atoms with E-state index in [-0.39, 0.29) is 18.6 Å². The quantitative estimate of drug-likeness (QED) is 0.374. The highest BCUT2D eigenvalue weighted by atomic mass is 35.5. The van der Waals surface area contributed by atoms with E-state index in [0.717, 1.165) is 19.3 Å². The lowest BCUT2D eigenvalue weighted by atomic mass is 9.86. The zero-order valence-corrected chi connectivity index (χ0v) is 18.9. The van der Waals surface area contributed by atoms with Crippen molar-refractivity contribution in [2.75, 3.05) is 19.8 Å². The normalized spacial score (nSPS) is 28.7. The highest BCUT2D eigenvalue weighted by Crippen LogP contribution is 2.41. The molecule has 0 spiro atoms. The summed E-state index contributed by atoms with van der Waals surface area (Å²) < 4.78 is 17.7. The molecule has 1 aromatic rings. The van der Waals surface area contributed by atoms with Crippen LogP contribution in [0.15, 0.2) is 48.6 Å². The van der Waals surface area contributed by atoms with E-state index in [0.29, 0.717) is 35.8 Å². The summed E-state index contributed by atoms with van der Waals surface area (Å²) in [6.07, 6.45) is 13.7. The van der Waals surface area contributed by atoms with Gasteiger partial charge in [0.05, 0.1) is 19.3 Å². The predicted molar refractivity (Wildman–Crippen MR) is 121 cm³/mol. The van der Waals surface area contributed by atoms with Gasteiger partial charge in [0.25, 0.3) is 0 Å². The number of hydrogen-bond acceptors (Lipinski definition) is 4. The number of rotatable bonds is 10. The topological polar surface area (TPSA) is 47.9 Å². The Bertz CT molecular complexity index is 711. The van der Waals surface area contributed by atoms with Gasteiger partial charge in [0.15, 0.2) is 0 Å². The van der Waals surface area contributed by atoms with E-state index in [1.54, 1.807) is 6.07 Å². The maximum absolute atomic E-state index is 10.7. The average molecular weight is 435 g/mol. The van der Waals surface area contributed by atoms with Crippen LogP contribution in [-0.4, -0.2) is 36.8 Å². The fourth-order valence-electron chi connectivity index (χ4n) is 4.43. The van der Waals surface area contributed by atoms with E-state index in [9.17, 15) is 5.11 Å². The van der Waals surface area contributed by atoms with Crippen molar-refractivity contribution in [1.82, 2.24) is 0 Å². The Morgan fingerprint density at radius 1 is 1.27 bits per heavy atom. The Labute approximate surface area is 185 Å². The minimum absolute atomic E-state index is 0.0895. The third kappa shape index (κ3) is 6.34. The average Bonchev–Trinajstić information content (AvgIpc) is 3.29. The highest BCUT2D eigenvalue weighted by molar-refractivity contribution is 6.30. The molecular weight excluding hydrogens is 400 g/mol. The number of allylic oxidation sites excluding steroid dienone is 2. The molecule has 1 N–H and O–H groups in total. The molecule has 2 fully saturated rings. The molecule has 2 aliphatic rings. The molecule has 1 aromatic carbocycles. The van der Waals surface area contributed by atoms with Crippen LogP contribution in [0.3, 0.4) is 0 Å². The molecule has 5 heteroatoms. The smallest absolute Gasteiger partial charge is 0.223 e. The van der Waals surface area contributed by atoms with Gasteiger partial charge in [0.2, 0.25) is 5.79 Å². The van der Waals surface area contributed by atoms with Gasteiger partial charge in [0.1, 0.15) is 12.4 Å². The van der Waals surface area contributed by atoms with Crippen molar-refractivity contribution in [1.29, 1.82) is 0 Å². The van der Waals surface area contributed by atoms with Crippen LogP contribution in [-0.2, 0) is 9.47 Å². The lowest BCUT2D eigenvalue weighted by molar-refractivity contribution is -0.139. The molecular formula is C25H35ClO4. The summed E-state index contributed by atoms with van der Waals surface area (Å²) in [5.74, 6) is 0.747. The Morgan fingerprint density at radius 2 is 2.07 bits per heavy atom. The first-order chi connectivity index (χ1) is 14.5. The van der Waals surface area contributed by atoms with Gasteiger partial charge in [-0.15, -0.1) is 0 Å². The molecule has 1 saturated heterocycles. The summed E-state index contributed by atoms with van der Waals surface area (Å²) in [6.45, 7) is 5.74. The molecule has 0 radical (unpaired) electrons. The third-order valence-electron chi connectivity index (χ3n) is 6.17. The number of aliphatic hydroxyl groups excluding tert-OH is 1. The molecule has 4 unspecified atom stereocenters. The van der Waals surface area contributed by atoms with Crippen molar-refractivity contribution >= 4 is 11.6 Å². The second kappa shape index (κ2) is 11.3. The van der Waals surface area contributed by atoms with Gasteiger partial charge in [-0.25, -0.2) is 0 Å². The van der Waals surface area contributed by atoms with Crippen LogP contribution in [0.1, 0.15) is 46.0 Å². The van der Waals surface area contributed by atoms with Gasteiger partial charge in [-0.2, -0.15) is 0 Å². The minimum atomic E-state index is -0.921. The molecule has 166 valence electrons. The van der Waals surface area contributed by atoms with Crippen LogP contribution in [0.4, 0.5) is 0 Å². The zero-order valence-electron chi connectivity index (χ0n) is 18.1. The summed E-state index contributed by atoms with van der Waals surface area (Å²) >= 11 is 6.05. The fraction of sp³-hybridized carbons (Fsp3) is 0.600. The maximum atomic E-state index is 10.7. The molecule has 1 aliphatic carbocycles. The van der Waals surface area contributed by atoms with Crippen molar-refractivity contribution in [2.45, 2.75) is 57.8 Å². The van der Waals surface area contributed by atoms with Crippen molar-refractivity contribution < 1.29 is 19.3 Å². The summed E-state index contributed by atoms with van der Waals surface area (Å²) in [5.41, 5.74) is 0. The number of halogens is 1. The van der Waals surface area contributed by atoms with Crippen LogP contribution in [0.2, 0.25) is 5.02 Å². The molecule has 1 saturated carbocycles. The second-order valence-electron chi connectivity index (χ2n) is 8.48. The van der Waals surface area contributed by atoms with Crippen LogP contribution in [0, 0.1) is 17.8 Å². The predicted octanol–water partition coefficient (Wildman–Crippen LogP) is 5.79. The van der Waals surface area contributed by atoms with Crippen LogP contribution in [0.5, 0.6) is 5.75 Å². The molecule has 30 heavy (non-hydrogen) atoms. The van der Waals surface area contributed by atoms with Crippen molar-refractivity contribution in [2.24, 2.45) is 17.8 Å². The fourth-order valence-corrected chi connectivity index (χ4v) is 4.61. The number of benzene rings is 1. The summed E-state index contributed by atoms with van der Waals surface area (Å²) in [5, 5.41) is 11.3. The third-order valence-corrected chi connectivity index (χ3v) is 6.40. The highest BCUT2D eigenvalue weighted by Gasteiger charge is 2.40. The molecule has 4 atom stereocenters. The first kappa shape index (κ1) is 23.3. The lowest BCUT2D eigenvalue weighted by Crippen LogP contribution is -2.35. The maximum Gasteiger partial charge on any atom is 0.223 e. The molecule has 3 rings (SSSR count). The van der Waals surface area contributed by atoms with Gasteiger partial charge in [-0.05, 0) is 55.4 Å². The van der Waals surface area contributed by atoms with E-state index in [2.05, 4.69) is 32.1 Å². The van der Waals surface area contributed by atoms with E-state index >= 15 is 0 Å². The first-order valence-electron chi connectivity index (χ1n) is 11.2. The van der Waals surface area contributed by atoms with E-state index in [1.807, 2.05) is 24.3 Å². The van der Waals surface area contributed by atoms with Gasteiger partial charge in [-0.3, -0.25) is 0 Å².